The smallest absolute Gasteiger partial charge is 0.216 e. The van der Waals surface area contributed by atoms with Crippen molar-refractivity contribution in [2.24, 2.45) is 7.05 Å². The van der Waals surface area contributed by atoms with E-state index in [-0.39, 0.29) is 5.25 Å². The Labute approximate surface area is 101 Å². The Morgan fingerprint density at radius 3 is 3.06 bits per heavy atom. The van der Waals surface area contributed by atoms with E-state index in [1.807, 2.05) is 6.07 Å². The van der Waals surface area contributed by atoms with Crippen LogP contribution in [0.3, 0.4) is 0 Å². The van der Waals surface area contributed by atoms with Crippen molar-refractivity contribution >= 4 is 10.0 Å². The van der Waals surface area contributed by atoms with E-state index in [9.17, 15) is 8.42 Å². The molecule has 1 aliphatic rings. The molecule has 0 bridgehead atoms. The highest BCUT2D eigenvalue weighted by atomic mass is 32.2. The highest BCUT2D eigenvalue weighted by Gasteiger charge is 2.26. The van der Waals surface area contributed by atoms with Crippen molar-refractivity contribution in [3.05, 3.63) is 18.0 Å². The van der Waals surface area contributed by atoms with E-state index in [0.29, 0.717) is 13.1 Å². The van der Waals surface area contributed by atoms with Crippen molar-refractivity contribution in [1.29, 1.82) is 0 Å². The fraction of sp³-hybridized carbons (Fsp3) is 0.700. The van der Waals surface area contributed by atoms with Crippen LogP contribution in [0.1, 0.15) is 18.5 Å². The maximum atomic E-state index is 12.0. The molecule has 0 amide bonds. The van der Waals surface area contributed by atoms with Gasteiger partial charge in [-0.25, -0.2) is 13.1 Å². The van der Waals surface area contributed by atoms with E-state index in [2.05, 4.69) is 15.1 Å². The van der Waals surface area contributed by atoms with Crippen molar-refractivity contribution in [2.45, 2.75) is 24.6 Å². The van der Waals surface area contributed by atoms with E-state index >= 15 is 0 Å². The van der Waals surface area contributed by atoms with Crippen LogP contribution in [0, 0.1) is 0 Å². The summed E-state index contributed by atoms with van der Waals surface area (Å²) in [4.78, 5) is 0. The molecule has 17 heavy (non-hydrogen) atoms. The van der Waals surface area contributed by atoms with Gasteiger partial charge in [-0.05, 0) is 25.5 Å². The molecule has 0 aromatic carbocycles. The highest BCUT2D eigenvalue weighted by Crippen LogP contribution is 2.11. The summed E-state index contributed by atoms with van der Waals surface area (Å²) >= 11 is 0. The van der Waals surface area contributed by atoms with Gasteiger partial charge in [-0.1, -0.05) is 0 Å². The molecule has 1 aromatic heterocycles. The lowest BCUT2D eigenvalue weighted by Gasteiger charge is -2.22. The molecule has 2 rings (SSSR count). The van der Waals surface area contributed by atoms with Crippen LogP contribution in [0.15, 0.2) is 12.3 Å². The molecular formula is C10H18N4O2S. The minimum Gasteiger partial charge on any atom is -0.315 e. The Balaban J connectivity index is 1.95. The van der Waals surface area contributed by atoms with Crippen molar-refractivity contribution in [1.82, 2.24) is 19.8 Å². The average molecular weight is 258 g/mol. The number of aromatic nitrogens is 2. The van der Waals surface area contributed by atoms with Gasteiger partial charge in [0.2, 0.25) is 10.0 Å². The number of nitrogens with one attached hydrogen (secondary N) is 2. The molecule has 6 nitrogen and oxygen atoms in total. The van der Waals surface area contributed by atoms with Gasteiger partial charge in [0.15, 0.2) is 0 Å². The van der Waals surface area contributed by atoms with Crippen LogP contribution >= 0.6 is 0 Å². The summed E-state index contributed by atoms with van der Waals surface area (Å²) in [6.45, 7) is 1.75. The molecule has 2 heterocycles. The molecule has 1 fully saturated rings. The number of aryl methyl sites for hydroxylation is 1. The summed E-state index contributed by atoms with van der Waals surface area (Å²) in [7, 11) is -1.43. The standard InChI is InChI=1S/C10H18N4O2S/c1-14-9(4-6-12-14)7-13-17(15,16)10-3-2-5-11-8-10/h4,6,10-11,13H,2-3,5,7-8H2,1H3. The van der Waals surface area contributed by atoms with E-state index in [0.717, 1.165) is 25.1 Å². The van der Waals surface area contributed by atoms with Crippen LogP contribution in [0.5, 0.6) is 0 Å². The van der Waals surface area contributed by atoms with Gasteiger partial charge in [-0.15, -0.1) is 0 Å². The van der Waals surface area contributed by atoms with Gasteiger partial charge in [0.05, 0.1) is 17.5 Å². The van der Waals surface area contributed by atoms with Gasteiger partial charge in [0, 0.05) is 19.8 Å². The van der Waals surface area contributed by atoms with Crippen LogP contribution in [0.25, 0.3) is 0 Å². The van der Waals surface area contributed by atoms with Crippen LogP contribution in [-0.4, -0.2) is 36.5 Å². The Bertz CT molecular complexity index is 462. The summed E-state index contributed by atoms with van der Waals surface area (Å²) in [5.74, 6) is 0. The number of sulfonamides is 1. The molecule has 0 radical (unpaired) electrons. The Hall–Kier alpha value is -0.920. The first-order valence-electron chi connectivity index (χ1n) is 5.75. The summed E-state index contributed by atoms with van der Waals surface area (Å²) in [6.07, 6.45) is 3.30. The van der Waals surface area contributed by atoms with Crippen LogP contribution in [-0.2, 0) is 23.6 Å². The second kappa shape index (κ2) is 5.16. The zero-order valence-electron chi connectivity index (χ0n) is 9.89. The molecule has 0 aliphatic carbocycles. The molecule has 1 unspecified atom stereocenters. The van der Waals surface area contributed by atoms with Crippen molar-refractivity contribution in [3.8, 4) is 0 Å². The first-order valence-corrected chi connectivity index (χ1v) is 7.30. The van der Waals surface area contributed by atoms with Crippen LogP contribution < -0.4 is 10.0 Å². The lowest BCUT2D eigenvalue weighted by Crippen LogP contribution is -2.44. The van der Waals surface area contributed by atoms with Gasteiger partial charge in [-0.3, -0.25) is 4.68 Å². The SMILES string of the molecule is Cn1nccc1CNS(=O)(=O)C1CCCNC1. The topological polar surface area (TPSA) is 76.0 Å². The molecular weight excluding hydrogens is 240 g/mol. The monoisotopic (exact) mass is 258 g/mol. The largest absolute Gasteiger partial charge is 0.315 e. The third-order valence-corrected chi connectivity index (χ3v) is 4.89. The normalized spacial score (nSPS) is 21.6. The van der Waals surface area contributed by atoms with Gasteiger partial charge < -0.3 is 5.32 Å². The first kappa shape index (κ1) is 12.5. The minimum atomic E-state index is -3.23. The molecule has 96 valence electrons. The predicted molar refractivity (Wildman–Crippen MR) is 64.9 cm³/mol. The van der Waals surface area contributed by atoms with Crippen molar-refractivity contribution in [2.75, 3.05) is 13.1 Å². The number of hydrogen-bond donors (Lipinski definition) is 2. The zero-order chi connectivity index (χ0) is 12.3. The number of nitrogens with zero attached hydrogens (tertiary/aromatic N) is 2. The van der Waals surface area contributed by atoms with Crippen molar-refractivity contribution in [3.63, 3.8) is 0 Å². The van der Waals surface area contributed by atoms with Crippen LogP contribution in [0.2, 0.25) is 0 Å². The van der Waals surface area contributed by atoms with Gasteiger partial charge >= 0.3 is 0 Å². The molecule has 1 aromatic rings. The Kier molecular flexibility index (Phi) is 3.80. The highest BCUT2D eigenvalue weighted by molar-refractivity contribution is 7.90. The maximum absolute atomic E-state index is 12.0. The van der Waals surface area contributed by atoms with Gasteiger partial charge in [0.1, 0.15) is 0 Å². The van der Waals surface area contributed by atoms with Crippen LogP contribution in [0.4, 0.5) is 0 Å². The lowest BCUT2D eigenvalue weighted by atomic mass is 10.2. The fourth-order valence-electron chi connectivity index (χ4n) is 1.95. The third kappa shape index (κ3) is 3.05. The maximum Gasteiger partial charge on any atom is 0.216 e. The molecule has 1 aliphatic heterocycles. The fourth-order valence-corrected chi connectivity index (χ4v) is 3.35. The van der Waals surface area contributed by atoms with E-state index in [1.54, 1.807) is 17.9 Å². The summed E-state index contributed by atoms with van der Waals surface area (Å²) in [5, 5.41) is 6.79. The van der Waals surface area contributed by atoms with E-state index in [4.69, 9.17) is 0 Å². The van der Waals surface area contributed by atoms with E-state index < -0.39 is 10.0 Å². The minimum absolute atomic E-state index is 0.301. The quantitative estimate of drug-likeness (QED) is 0.770. The molecule has 7 heteroatoms. The summed E-state index contributed by atoms with van der Waals surface area (Å²) in [6, 6.07) is 1.81. The predicted octanol–water partition coefficient (Wildman–Crippen LogP) is -0.408. The summed E-state index contributed by atoms with van der Waals surface area (Å²) in [5.41, 5.74) is 0.859. The van der Waals surface area contributed by atoms with Crippen molar-refractivity contribution < 1.29 is 8.42 Å². The Morgan fingerprint density at radius 2 is 2.47 bits per heavy atom. The third-order valence-electron chi connectivity index (χ3n) is 3.07. The Morgan fingerprint density at radius 1 is 1.65 bits per heavy atom. The van der Waals surface area contributed by atoms with Gasteiger partial charge in [-0.2, -0.15) is 5.10 Å². The van der Waals surface area contributed by atoms with Gasteiger partial charge in [0.25, 0.3) is 0 Å². The second-order valence-corrected chi connectivity index (χ2v) is 6.33. The number of rotatable bonds is 4. The first-order chi connectivity index (χ1) is 8.09. The number of piperidine rings is 1. The molecule has 1 atom stereocenters. The summed E-state index contributed by atoms with van der Waals surface area (Å²) < 4.78 is 28.3. The molecule has 2 N–H and O–H groups in total. The second-order valence-electron chi connectivity index (χ2n) is 4.28. The number of hydrogen-bond acceptors (Lipinski definition) is 4. The molecule has 0 spiro atoms. The molecule has 0 saturated carbocycles. The van der Waals surface area contributed by atoms with E-state index in [1.165, 1.54) is 0 Å². The zero-order valence-corrected chi connectivity index (χ0v) is 10.7. The average Bonchev–Trinajstić information content (AvgIpc) is 2.74. The molecule has 1 saturated heterocycles. The lowest BCUT2D eigenvalue weighted by molar-refractivity contribution is 0.489.